The van der Waals surface area contributed by atoms with Crippen molar-refractivity contribution in [3.8, 4) is 0 Å². The Bertz CT molecular complexity index is 1070. The molecule has 1 aliphatic heterocycles. The minimum Gasteiger partial charge on any atom is -0.384 e. The third-order valence-corrected chi connectivity index (χ3v) is 9.38. The van der Waals surface area contributed by atoms with Crippen molar-refractivity contribution in [3.63, 3.8) is 0 Å². The molecule has 2 aromatic rings. The van der Waals surface area contributed by atoms with Gasteiger partial charge in [-0.05, 0) is 84.3 Å². The molecule has 0 amide bonds. The summed E-state index contributed by atoms with van der Waals surface area (Å²) in [4.78, 5) is 2.51. The molecule has 1 saturated heterocycles. The second-order valence-corrected chi connectivity index (χ2v) is 13.0. The van der Waals surface area contributed by atoms with E-state index in [0.29, 0.717) is 23.2 Å². The standard InChI is InChI=1S/C24H32ClF2N3O2S2/c1-23(7-8-24(26,27)16-23)17-29-34(31,32)22-12-20(25)2-3-21(22)28-13-18-4-9-30(10-5-18)14-19-6-11-33-15-19/h2-3,6,11-12,15,18,28-29H,4-5,7-10,13-14,16-17H2,1H3. The van der Waals surface area contributed by atoms with Crippen LogP contribution < -0.4 is 10.0 Å². The van der Waals surface area contributed by atoms with Crippen LogP contribution in [0.3, 0.4) is 0 Å². The summed E-state index contributed by atoms with van der Waals surface area (Å²) in [6.45, 7) is 5.34. The third-order valence-electron chi connectivity index (χ3n) is 6.98. The van der Waals surface area contributed by atoms with E-state index in [1.807, 2.05) is 0 Å². The van der Waals surface area contributed by atoms with Gasteiger partial charge in [-0.15, -0.1) is 0 Å². The van der Waals surface area contributed by atoms with Gasteiger partial charge in [0.15, 0.2) is 0 Å². The summed E-state index contributed by atoms with van der Waals surface area (Å²) in [7, 11) is -3.92. The fraction of sp³-hybridized carbons (Fsp3) is 0.583. The van der Waals surface area contributed by atoms with E-state index < -0.39 is 21.4 Å². The Morgan fingerprint density at radius 3 is 2.62 bits per heavy atom. The molecule has 1 aromatic heterocycles. The van der Waals surface area contributed by atoms with Gasteiger partial charge in [0.25, 0.3) is 0 Å². The Morgan fingerprint density at radius 1 is 1.21 bits per heavy atom. The van der Waals surface area contributed by atoms with Crippen LogP contribution in [0.15, 0.2) is 39.9 Å². The van der Waals surface area contributed by atoms with E-state index in [4.69, 9.17) is 11.6 Å². The molecule has 2 fully saturated rings. The fourth-order valence-corrected chi connectivity index (χ4v) is 7.19. The normalized spacial score (nSPS) is 23.9. The lowest BCUT2D eigenvalue weighted by Crippen LogP contribution is -2.36. The molecule has 34 heavy (non-hydrogen) atoms. The molecule has 0 radical (unpaired) electrons. The van der Waals surface area contributed by atoms with Gasteiger partial charge < -0.3 is 5.32 Å². The van der Waals surface area contributed by atoms with Gasteiger partial charge in [0.05, 0.1) is 5.69 Å². The number of alkyl halides is 2. The zero-order valence-electron chi connectivity index (χ0n) is 19.3. The van der Waals surface area contributed by atoms with E-state index >= 15 is 0 Å². The zero-order valence-corrected chi connectivity index (χ0v) is 21.7. The van der Waals surface area contributed by atoms with Crippen LogP contribution in [0, 0.1) is 11.3 Å². The number of nitrogens with zero attached hydrogens (tertiary/aromatic N) is 1. The van der Waals surface area contributed by atoms with E-state index in [0.717, 1.165) is 32.5 Å². The van der Waals surface area contributed by atoms with E-state index in [-0.39, 0.29) is 30.7 Å². The number of benzene rings is 1. The van der Waals surface area contributed by atoms with Crippen LogP contribution >= 0.6 is 22.9 Å². The highest BCUT2D eigenvalue weighted by molar-refractivity contribution is 7.89. The molecule has 1 saturated carbocycles. The van der Waals surface area contributed by atoms with E-state index in [2.05, 4.69) is 31.8 Å². The maximum Gasteiger partial charge on any atom is 0.248 e. The highest BCUT2D eigenvalue weighted by atomic mass is 35.5. The average Bonchev–Trinajstić information content (AvgIpc) is 3.39. The maximum atomic E-state index is 13.7. The zero-order chi connectivity index (χ0) is 24.4. The molecule has 2 N–H and O–H groups in total. The molecule has 188 valence electrons. The number of hydrogen-bond acceptors (Lipinski definition) is 5. The van der Waals surface area contributed by atoms with Crippen molar-refractivity contribution >= 4 is 38.6 Å². The fourth-order valence-electron chi connectivity index (χ4n) is 4.89. The van der Waals surface area contributed by atoms with Gasteiger partial charge >= 0.3 is 0 Å². The lowest BCUT2D eigenvalue weighted by Gasteiger charge is -2.32. The highest BCUT2D eigenvalue weighted by Gasteiger charge is 2.46. The van der Waals surface area contributed by atoms with E-state index in [1.165, 1.54) is 11.6 Å². The summed E-state index contributed by atoms with van der Waals surface area (Å²) in [6, 6.07) is 6.91. The van der Waals surface area contributed by atoms with Crippen LogP contribution in [-0.2, 0) is 16.6 Å². The van der Waals surface area contributed by atoms with Crippen LogP contribution in [0.1, 0.15) is 44.6 Å². The van der Waals surface area contributed by atoms with Gasteiger partial charge in [-0.3, -0.25) is 4.90 Å². The molecule has 4 rings (SSSR count). The van der Waals surface area contributed by atoms with Crippen LogP contribution in [0.4, 0.5) is 14.5 Å². The molecule has 0 spiro atoms. The molecule has 2 aliphatic rings. The second-order valence-electron chi connectivity index (χ2n) is 10.0. The van der Waals surface area contributed by atoms with Crippen molar-refractivity contribution in [1.29, 1.82) is 0 Å². The summed E-state index contributed by atoms with van der Waals surface area (Å²) in [5.41, 5.74) is 1.07. The van der Waals surface area contributed by atoms with Gasteiger partial charge in [-0.1, -0.05) is 18.5 Å². The number of likely N-dealkylation sites (tertiary alicyclic amines) is 1. The quantitative estimate of drug-likeness (QED) is 0.427. The van der Waals surface area contributed by atoms with Crippen LogP contribution in [0.2, 0.25) is 5.02 Å². The highest BCUT2D eigenvalue weighted by Crippen LogP contribution is 2.46. The van der Waals surface area contributed by atoms with Crippen molar-refractivity contribution in [3.05, 3.63) is 45.6 Å². The van der Waals surface area contributed by atoms with Gasteiger partial charge in [-0.2, -0.15) is 11.3 Å². The topological polar surface area (TPSA) is 61.4 Å². The number of rotatable bonds is 9. The minimum atomic E-state index is -3.92. The number of sulfonamides is 1. The van der Waals surface area contributed by atoms with Gasteiger partial charge in [0.1, 0.15) is 4.90 Å². The van der Waals surface area contributed by atoms with Crippen molar-refractivity contribution in [2.75, 3.05) is 31.5 Å². The molecule has 5 nitrogen and oxygen atoms in total. The monoisotopic (exact) mass is 531 g/mol. The number of nitrogens with one attached hydrogen (secondary N) is 2. The summed E-state index contributed by atoms with van der Waals surface area (Å²) in [6.07, 6.45) is 1.85. The number of hydrogen-bond donors (Lipinski definition) is 2. The molecule has 1 unspecified atom stereocenters. The Hall–Kier alpha value is -1.26. The lowest BCUT2D eigenvalue weighted by atomic mass is 9.89. The summed E-state index contributed by atoms with van der Waals surface area (Å²) in [5, 5.41) is 7.91. The van der Waals surface area contributed by atoms with Crippen molar-refractivity contribution < 1.29 is 17.2 Å². The first-order valence-electron chi connectivity index (χ1n) is 11.7. The number of anilines is 1. The van der Waals surface area contributed by atoms with Crippen molar-refractivity contribution in [1.82, 2.24) is 9.62 Å². The SMILES string of the molecule is CC1(CNS(=O)(=O)c2cc(Cl)ccc2NCC2CCN(Cc3ccsc3)CC2)CCC(F)(F)C1. The molecular weight excluding hydrogens is 500 g/mol. The van der Waals surface area contributed by atoms with Gasteiger partial charge in [0, 0.05) is 37.5 Å². The number of halogens is 3. The van der Waals surface area contributed by atoms with E-state index in [1.54, 1.807) is 30.4 Å². The first kappa shape index (κ1) is 25.8. The van der Waals surface area contributed by atoms with Crippen molar-refractivity contribution in [2.24, 2.45) is 11.3 Å². The molecule has 1 aromatic carbocycles. The Labute approximate surface area is 209 Å². The molecule has 1 aliphatic carbocycles. The largest absolute Gasteiger partial charge is 0.384 e. The van der Waals surface area contributed by atoms with E-state index in [9.17, 15) is 17.2 Å². The van der Waals surface area contributed by atoms with Crippen LogP contribution in [-0.4, -0.2) is 45.4 Å². The summed E-state index contributed by atoms with van der Waals surface area (Å²) in [5.74, 6) is -2.29. The number of thiophene rings is 1. The minimum absolute atomic E-state index is 0.0283. The van der Waals surface area contributed by atoms with Crippen LogP contribution in [0.25, 0.3) is 0 Å². The maximum absolute atomic E-state index is 13.7. The lowest BCUT2D eigenvalue weighted by molar-refractivity contribution is -0.00165. The summed E-state index contributed by atoms with van der Waals surface area (Å²) >= 11 is 7.83. The first-order valence-corrected chi connectivity index (χ1v) is 14.5. The summed E-state index contributed by atoms with van der Waals surface area (Å²) < 4.78 is 56.2. The molecular formula is C24H32ClF2N3O2S2. The smallest absolute Gasteiger partial charge is 0.248 e. The van der Waals surface area contributed by atoms with Crippen molar-refractivity contribution in [2.45, 2.75) is 56.4 Å². The number of piperidine rings is 1. The van der Waals surface area contributed by atoms with Gasteiger partial charge in [0.2, 0.25) is 15.9 Å². The van der Waals surface area contributed by atoms with Gasteiger partial charge in [-0.25, -0.2) is 21.9 Å². The third kappa shape index (κ3) is 6.69. The molecule has 0 bridgehead atoms. The first-order chi connectivity index (χ1) is 16.0. The second kappa shape index (κ2) is 10.4. The molecule has 2 heterocycles. The predicted octanol–water partition coefficient (Wildman–Crippen LogP) is 5.83. The Kier molecular flexibility index (Phi) is 7.89. The Balaban J connectivity index is 1.34. The Morgan fingerprint density at radius 2 is 1.97 bits per heavy atom. The molecule has 1 atom stereocenters. The predicted molar refractivity (Wildman–Crippen MR) is 134 cm³/mol. The van der Waals surface area contributed by atoms with Crippen LogP contribution in [0.5, 0.6) is 0 Å². The average molecular weight is 532 g/mol. The molecule has 10 heteroatoms.